The van der Waals surface area contributed by atoms with Gasteiger partial charge in [-0.1, -0.05) is 41.0 Å². The molecule has 0 aliphatic carbocycles. The molecule has 1 unspecified atom stereocenters. The minimum absolute atomic E-state index is 0.00185. The second-order valence-corrected chi connectivity index (χ2v) is 7.95. The van der Waals surface area contributed by atoms with Crippen molar-refractivity contribution < 1.29 is 14.1 Å². The van der Waals surface area contributed by atoms with E-state index in [9.17, 15) is 4.79 Å². The highest BCUT2D eigenvalue weighted by molar-refractivity contribution is 6.30. The lowest BCUT2D eigenvalue weighted by molar-refractivity contribution is -0.121. The first-order valence-corrected chi connectivity index (χ1v) is 10.8. The van der Waals surface area contributed by atoms with E-state index in [1.165, 1.54) is 0 Å². The van der Waals surface area contributed by atoms with Gasteiger partial charge in [-0.05, 0) is 50.6 Å². The molecule has 1 fully saturated rings. The number of nitrogens with zero attached hydrogens (tertiary/aromatic N) is 3. The summed E-state index contributed by atoms with van der Waals surface area (Å²) in [4.78, 5) is 19.6. The number of benzene rings is 2. The van der Waals surface area contributed by atoms with Gasteiger partial charge in [0, 0.05) is 17.1 Å². The van der Waals surface area contributed by atoms with Crippen LogP contribution in [0.3, 0.4) is 0 Å². The highest BCUT2D eigenvalue weighted by Gasteiger charge is 2.27. The van der Waals surface area contributed by atoms with Gasteiger partial charge in [-0.3, -0.25) is 9.69 Å². The number of piperidine rings is 1. The van der Waals surface area contributed by atoms with E-state index in [0.29, 0.717) is 47.9 Å². The van der Waals surface area contributed by atoms with Gasteiger partial charge >= 0.3 is 0 Å². The van der Waals surface area contributed by atoms with E-state index in [-0.39, 0.29) is 11.8 Å². The number of halogens is 1. The molecule has 31 heavy (non-hydrogen) atoms. The SMILES string of the molecule is CCOc1ccccc1NC(=O)C1CCCN(Cc2nc(-c3cccc(Cl)c3)no2)C1. The highest BCUT2D eigenvalue weighted by Crippen LogP contribution is 2.26. The van der Waals surface area contributed by atoms with Crippen molar-refractivity contribution in [3.8, 4) is 17.1 Å². The summed E-state index contributed by atoms with van der Waals surface area (Å²) in [5, 5.41) is 7.72. The number of nitrogens with one attached hydrogen (secondary N) is 1. The van der Waals surface area contributed by atoms with Gasteiger partial charge in [0.2, 0.25) is 17.6 Å². The number of rotatable bonds is 7. The Morgan fingerprint density at radius 1 is 1.29 bits per heavy atom. The molecule has 8 heteroatoms. The van der Waals surface area contributed by atoms with Gasteiger partial charge in [0.25, 0.3) is 0 Å². The third-order valence-electron chi connectivity index (χ3n) is 5.23. The van der Waals surface area contributed by atoms with Crippen LogP contribution < -0.4 is 10.1 Å². The Morgan fingerprint density at radius 2 is 2.16 bits per heavy atom. The van der Waals surface area contributed by atoms with Crippen LogP contribution in [-0.4, -0.2) is 40.6 Å². The first-order chi connectivity index (χ1) is 15.1. The Kier molecular flexibility index (Phi) is 6.84. The zero-order chi connectivity index (χ0) is 21.6. The van der Waals surface area contributed by atoms with Crippen molar-refractivity contribution in [1.82, 2.24) is 15.0 Å². The van der Waals surface area contributed by atoms with E-state index in [1.54, 1.807) is 12.1 Å². The standard InChI is InChI=1S/C23H25ClN4O3/c1-2-30-20-11-4-3-10-19(20)25-23(29)17-8-6-12-28(14-17)15-21-26-22(27-31-21)16-7-5-9-18(24)13-16/h3-5,7,9-11,13,17H,2,6,8,12,14-15H2,1H3,(H,25,29). The Morgan fingerprint density at radius 3 is 3.00 bits per heavy atom. The first kappa shape index (κ1) is 21.3. The number of para-hydroxylation sites is 2. The maximum atomic E-state index is 12.9. The molecule has 1 atom stereocenters. The molecule has 4 rings (SSSR count). The van der Waals surface area contributed by atoms with Gasteiger partial charge in [-0.25, -0.2) is 0 Å². The molecule has 1 N–H and O–H groups in total. The summed E-state index contributed by atoms with van der Waals surface area (Å²) in [6.07, 6.45) is 1.78. The van der Waals surface area contributed by atoms with Gasteiger partial charge in [0.1, 0.15) is 5.75 Å². The summed E-state index contributed by atoms with van der Waals surface area (Å²) >= 11 is 6.05. The zero-order valence-corrected chi connectivity index (χ0v) is 18.1. The van der Waals surface area contributed by atoms with Crippen molar-refractivity contribution in [2.24, 2.45) is 5.92 Å². The van der Waals surface area contributed by atoms with Crippen LogP contribution in [0, 0.1) is 5.92 Å². The first-order valence-electron chi connectivity index (χ1n) is 10.5. The van der Waals surface area contributed by atoms with Gasteiger partial charge in [0.15, 0.2) is 0 Å². The van der Waals surface area contributed by atoms with Crippen molar-refractivity contribution in [3.63, 3.8) is 0 Å². The lowest BCUT2D eigenvalue weighted by atomic mass is 9.97. The van der Waals surface area contributed by atoms with E-state index in [0.717, 1.165) is 24.9 Å². The average Bonchev–Trinajstić information content (AvgIpc) is 3.24. The quantitative estimate of drug-likeness (QED) is 0.576. The average molecular weight is 441 g/mol. The minimum Gasteiger partial charge on any atom is -0.492 e. The van der Waals surface area contributed by atoms with Crippen molar-refractivity contribution in [1.29, 1.82) is 0 Å². The van der Waals surface area contributed by atoms with Crippen molar-refractivity contribution in [3.05, 3.63) is 59.4 Å². The summed E-state index contributed by atoms with van der Waals surface area (Å²) in [6.45, 7) is 4.50. The van der Waals surface area contributed by atoms with Crippen LogP contribution in [0.4, 0.5) is 5.69 Å². The molecular weight excluding hydrogens is 416 g/mol. The van der Waals surface area contributed by atoms with Crippen molar-refractivity contribution in [2.45, 2.75) is 26.3 Å². The fourth-order valence-electron chi connectivity index (χ4n) is 3.75. The number of aromatic nitrogens is 2. The van der Waals surface area contributed by atoms with Gasteiger partial charge in [-0.15, -0.1) is 0 Å². The second-order valence-electron chi connectivity index (χ2n) is 7.51. The van der Waals surface area contributed by atoms with E-state index >= 15 is 0 Å². The molecule has 2 aromatic carbocycles. The third-order valence-corrected chi connectivity index (χ3v) is 5.47. The lowest BCUT2D eigenvalue weighted by Crippen LogP contribution is -2.40. The number of ether oxygens (including phenoxy) is 1. The van der Waals surface area contributed by atoms with Crippen molar-refractivity contribution >= 4 is 23.2 Å². The molecule has 162 valence electrons. The topological polar surface area (TPSA) is 80.5 Å². The molecule has 1 aliphatic heterocycles. The normalized spacial score (nSPS) is 16.8. The lowest BCUT2D eigenvalue weighted by Gasteiger charge is -2.31. The molecule has 2 heterocycles. The van der Waals surface area contributed by atoms with Gasteiger partial charge < -0.3 is 14.6 Å². The smallest absolute Gasteiger partial charge is 0.241 e. The molecule has 0 radical (unpaired) electrons. The molecule has 1 aliphatic rings. The monoisotopic (exact) mass is 440 g/mol. The molecule has 1 amide bonds. The maximum Gasteiger partial charge on any atom is 0.241 e. The summed E-state index contributed by atoms with van der Waals surface area (Å²) < 4.78 is 11.0. The number of hydrogen-bond donors (Lipinski definition) is 1. The highest BCUT2D eigenvalue weighted by atomic mass is 35.5. The summed E-state index contributed by atoms with van der Waals surface area (Å²) in [6, 6.07) is 14.9. The number of hydrogen-bond acceptors (Lipinski definition) is 6. The van der Waals surface area contributed by atoms with Crippen LogP contribution in [-0.2, 0) is 11.3 Å². The Labute approximate surface area is 186 Å². The number of carbonyl (C=O) groups is 1. The van der Waals surface area contributed by atoms with Crippen LogP contribution in [0.15, 0.2) is 53.1 Å². The van der Waals surface area contributed by atoms with Crippen LogP contribution in [0.5, 0.6) is 5.75 Å². The van der Waals surface area contributed by atoms with E-state index < -0.39 is 0 Å². The predicted octanol–water partition coefficient (Wildman–Crippen LogP) is 4.64. The number of carbonyl (C=O) groups excluding carboxylic acids is 1. The molecule has 7 nitrogen and oxygen atoms in total. The second kappa shape index (κ2) is 9.94. The maximum absolute atomic E-state index is 12.9. The van der Waals surface area contributed by atoms with E-state index in [4.69, 9.17) is 20.9 Å². The summed E-state index contributed by atoms with van der Waals surface area (Å²) in [5.74, 6) is 1.61. The van der Waals surface area contributed by atoms with E-state index in [1.807, 2.05) is 43.3 Å². The molecule has 0 spiro atoms. The zero-order valence-electron chi connectivity index (χ0n) is 17.4. The molecule has 1 aromatic heterocycles. The van der Waals surface area contributed by atoms with Crippen LogP contribution in [0.2, 0.25) is 5.02 Å². The molecular formula is C23H25ClN4O3. The Balaban J connectivity index is 1.37. The number of anilines is 1. The predicted molar refractivity (Wildman–Crippen MR) is 119 cm³/mol. The van der Waals surface area contributed by atoms with Crippen LogP contribution >= 0.6 is 11.6 Å². The number of amides is 1. The Bertz CT molecular complexity index is 1040. The minimum atomic E-state index is -0.112. The molecule has 3 aromatic rings. The van der Waals surface area contributed by atoms with Crippen LogP contribution in [0.25, 0.3) is 11.4 Å². The molecule has 0 bridgehead atoms. The third kappa shape index (κ3) is 5.42. The van der Waals surface area contributed by atoms with Gasteiger partial charge in [-0.2, -0.15) is 4.98 Å². The molecule has 0 saturated carbocycles. The summed E-state index contributed by atoms with van der Waals surface area (Å²) in [5.41, 5.74) is 1.51. The van der Waals surface area contributed by atoms with E-state index in [2.05, 4.69) is 20.4 Å². The Hall–Kier alpha value is -2.90. The fraction of sp³-hybridized carbons (Fsp3) is 0.348. The van der Waals surface area contributed by atoms with Gasteiger partial charge in [0.05, 0.1) is 24.8 Å². The fourth-order valence-corrected chi connectivity index (χ4v) is 3.94. The van der Waals surface area contributed by atoms with Crippen molar-refractivity contribution in [2.75, 3.05) is 25.0 Å². The number of likely N-dealkylation sites (tertiary alicyclic amines) is 1. The van der Waals surface area contributed by atoms with Crippen LogP contribution in [0.1, 0.15) is 25.7 Å². The molecule has 1 saturated heterocycles. The largest absolute Gasteiger partial charge is 0.492 e. The summed E-state index contributed by atoms with van der Waals surface area (Å²) in [7, 11) is 0.